The van der Waals surface area contributed by atoms with E-state index in [1.54, 1.807) is 0 Å². The van der Waals surface area contributed by atoms with Gasteiger partial charge >= 0.3 is 0 Å². The maximum absolute atomic E-state index is 5.50. The summed E-state index contributed by atoms with van der Waals surface area (Å²) in [6.07, 6.45) is 1.83. The minimum Gasteiger partial charge on any atom is -0.374 e. The summed E-state index contributed by atoms with van der Waals surface area (Å²) >= 11 is 4.76. The lowest BCUT2D eigenvalue weighted by Gasteiger charge is -1.96. The van der Waals surface area contributed by atoms with Crippen molar-refractivity contribution < 1.29 is 0 Å². The fraction of sp³-hybridized carbons (Fsp3) is 0.500. The summed E-state index contributed by atoms with van der Waals surface area (Å²) in [6.45, 7) is 0. The van der Waals surface area contributed by atoms with E-state index in [1.165, 1.54) is 22.7 Å². The highest BCUT2D eigenvalue weighted by Gasteiger charge is 2.03. The fourth-order valence-electron chi connectivity index (χ4n) is 1.16. The minimum atomic E-state index is 0.536. The molecular weight excluding hydrogens is 276 g/mol. The molecule has 0 spiro atoms. The number of aromatic nitrogens is 4. The first kappa shape index (κ1) is 12.5. The van der Waals surface area contributed by atoms with Crippen molar-refractivity contribution in [2.24, 2.45) is 0 Å². The lowest BCUT2D eigenvalue weighted by Crippen LogP contribution is -1.92. The van der Waals surface area contributed by atoms with Crippen molar-refractivity contribution in [3.8, 4) is 0 Å². The molecule has 17 heavy (non-hydrogen) atoms. The second kappa shape index (κ2) is 6.12. The normalized spacial score (nSPS) is 10.8. The van der Waals surface area contributed by atoms with Crippen LogP contribution >= 0.6 is 34.4 Å². The predicted octanol–water partition coefficient (Wildman–Crippen LogP) is 1.07. The zero-order chi connectivity index (χ0) is 12.1. The molecule has 2 aromatic heterocycles. The van der Waals surface area contributed by atoms with Gasteiger partial charge in [0, 0.05) is 12.8 Å². The quantitative estimate of drug-likeness (QED) is 0.766. The monoisotopic (exact) mass is 288 g/mol. The number of hydrogen-bond acceptors (Lipinski definition) is 9. The molecule has 0 unspecified atom stereocenters. The van der Waals surface area contributed by atoms with Gasteiger partial charge in [-0.3, -0.25) is 0 Å². The van der Waals surface area contributed by atoms with Gasteiger partial charge in [-0.2, -0.15) is 11.8 Å². The van der Waals surface area contributed by atoms with Crippen molar-refractivity contribution in [3.05, 3.63) is 10.0 Å². The second-order valence-electron chi connectivity index (χ2n) is 3.18. The van der Waals surface area contributed by atoms with Crippen molar-refractivity contribution in [2.45, 2.75) is 12.8 Å². The summed E-state index contributed by atoms with van der Waals surface area (Å²) in [7, 11) is 0. The average Bonchev–Trinajstić information content (AvgIpc) is 2.88. The SMILES string of the molecule is Nc1nnc(CCSCCc2nnc(N)s2)s1. The Morgan fingerprint density at radius 2 is 1.29 bits per heavy atom. The number of nitrogens with zero attached hydrogens (tertiary/aromatic N) is 4. The van der Waals surface area contributed by atoms with Crippen LogP contribution in [0.15, 0.2) is 0 Å². The van der Waals surface area contributed by atoms with Crippen LogP contribution in [0, 0.1) is 0 Å². The molecule has 0 bridgehead atoms. The maximum Gasteiger partial charge on any atom is 0.203 e. The van der Waals surface area contributed by atoms with Crippen LogP contribution < -0.4 is 11.5 Å². The van der Waals surface area contributed by atoms with Gasteiger partial charge in [0.15, 0.2) is 0 Å². The van der Waals surface area contributed by atoms with Gasteiger partial charge in [0.2, 0.25) is 10.3 Å². The molecular formula is C8H12N6S3. The molecule has 2 rings (SSSR count). The standard InChI is InChI=1S/C8H12N6S3/c9-7-13-11-5(16-7)1-3-15-4-2-6-12-14-8(10)17-6/h1-4H2,(H2,9,13)(H2,10,14). The molecule has 0 aliphatic heterocycles. The number of aryl methyl sites for hydroxylation is 2. The van der Waals surface area contributed by atoms with Crippen LogP contribution in [0.2, 0.25) is 0 Å². The van der Waals surface area contributed by atoms with Gasteiger partial charge in [-0.05, 0) is 11.5 Å². The highest BCUT2D eigenvalue weighted by molar-refractivity contribution is 7.99. The molecule has 0 aliphatic rings. The Balaban J connectivity index is 1.60. The lowest BCUT2D eigenvalue weighted by molar-refractivity contribution is 0.983. The third-order valence-electron chi connectivity index (χ3n) is 1.89. The topological polar surface area (TPSA) is 104 Å². The first-order chi connectivity index (χ1) is 8.24. The number of thioether (sulfide) groups is 1. The predicted molar refractivity (Wildman–Crippen MR) is 73.4 cm³/mol. The summed E-state index contributed by atoms with van der Waals surface area (Å²) in [5.74, 6) is 2.03. The molecule has 92 valence electrons. The fourth-order valence-corrected chi connectivity index (χ4v) is 3.51. The molecule has 6 nitrogen and oxygen atoms in total. The van der Waals surface area contributed by atoms with E-state index in [4.69, 9.17) is 11.5 Å². The van der Waals surface area contributed by atoms with Crippen molar-refractivity contribution in [3.63, 3.8) is 0 Å². The highest BCUT2D eigenvalue weighted by Crippen LogP contribution is 2.16. The largest absolute Gasteiger partial charge is 0.374 e. The Morgan fingerprint density at radius 3 is 1.65 bits per heavy atom. The van der Waals surface area contributed by atoms with E-state index in [1.807, 2.05) is 11.8 Å². The lowest BCUT2D eigenvalue weighted by atomic mass is 10.5. The average molecular weight is 288 g/mol. The van der Waals surface area contributed by atoms with Crippen LogP contribution in [-0.2, 0) is 12.8 Å². The molecule has 2 heterocycles. The molecule has 0 radical (unpaired) electrons. The number of anilines is 2. The van der Waals surface area contributed by atoms with Crippen molar-refractivity contribution in [2.75, 3.05) is 23.0 Å². The van der Waals surface area contributed by atoms with Crippen LogP contribution in [0.3, 0.4) is 0 Å². The van der Waals surface area contributed by atoms with E-state index in [9.17, 15) is 0 Å². The minimum absolute atomic E-state index is 0.536. The van der Waals surface area contributed by atoms with E-state index in [0.717, 1.165) is 34.4 Å². The van der Waals surface area contributed by atoms with E-state index >= 15 is 0 Å². The Labute approximate surface area is 111 Å². The Hall–Kier alpha value is -0.930. The number of nitrogen functional groups attached to an aromatic ring is 2. The summed E-state index contributed by atoms with van der Waals surface area (Å²) in [6, 6.07) is 0. The Morgan fingerprint density at radius 1 is 0.824 bits per heavy atom. The van der Waals surface area contributed by atoms with Crippen molar-refractivity contribution >= 4 is 44.7 Å². The third-order valence-corrected chi connectivity index (χ3v) is 4.50. The van der Waals surface area contributed by atoms with Crippen molar-refractivity contribution in [1.82, 2.24) is 20.4 Å². The molecule has 0 aromatic carbocycles. The first-order valence-corrected chi connectivity index (χ1v) is 7.76. The van der Waals surface area contributed by atoms with Gasteiger partial charge in [0.1, 0.15) is 10.0 Å². The van der Waals surface area contributed by atoms with Crippen molar-refractivity contribution in [1.29, 1.82) is 0 Å². The molecule has 0 amide bonds. The molecule has 2 aromatic rings. The van der Waals surface area contributed by atoms with Crippen LogP contribution in [0.4, 0.5) is 10.3 Å². The smallest absolute Gasteiger partial charge is 0.203 e. The highest BCUT2D eigenvalue weighted by atomic mass is 32.2. The van der Waals surface area contributed by atoms with Crippen LogP contribution in [0.5, 0.6) is 0 Å². The molecule has 0 atom stereocenters. The Bertz CT molecular complexity index is 425. The van der Waals surface area contributed by atoms with Crippen LogP contribution in [0.25, 0.3) is 0 Å². The number of hydrogen-bond donors (Lipinski definition) is 2. The summed E-state index contributed by atoms with van der Waals surface area (Å²) in [4.78, 5) is 0. The molecule has 0 saturated heterocycles. The molecule has 9 heteroatoms. The summed E-state index contributed by atoms with van der Waals surface area (Å²) in [5.41, 5.74) is 11.0. The van der Waals surface area contributed by atoms with Gasteiger partial charge in [-0.15, -0.1) is 20.4 Å². The van der Waals surface area contributed by atoms with E-state index in [0.29, 0.717) is 10.3 Å². The van der Waals surface area contributed by atoms with E-state index in [2.05, 4.69) is 20.4 Å². The molecule has 0 aliphatic carbocycles. The van der Waals surface area contributed by atoms with E-state index < -0.39 is 0 Å². The van der Waals surface area contributed by atoms with Crippen LogP contribution in [-0.4, -0.2) is 31.9 Å². The van der Waals surface area contributed by atoms with Gasteiger partial charge in [0.05, 0.1) is 0 Å². The van der Waals surface area contributed by atoms with Gasteiger partial charge in [0.25, 0.3) is 0 Å². The number of rotatable bonds is 6. The number of nitrogens with two attached hydrogens (primary N) is 2. The Kier molecular flexibility index (Phi) is 4.51. The van der Waals surface area contributed by atoms with Crippen LogP contribution in [0.1, 0.15) is 10.0 Å². The maximum atomic E-state index is 5.50. The van der Waals surface area contributed by atoms with Gasteiger partial charge in [-0.25, -0.2) is 0 Å². The summed E-state index contributed by atoms with van der Waals surface area (Å²) < 4.78 is 0. The zero-order valence-corrected chi connectivity index (χ0v) is 11.4. The molecule has 0 fully saturated rings. The van der Waals surface area contributed by atoms with Gasteiger partial charge in [-0.1, -0.05) is 22.7 Å². The summed E-state index contributed by atoms with van der Waals surface area (Å²) in [5, 5.41) is 18.5. The second-order valence-corrected chi connectivity index (χ2v) is 6.59. The van der Waals surface area contributed by atoms with Gasteiger partial charge < -0.3 is 11.5 Å². The zero-order valence-electron chi connectivity index (χ0n) is 9.00. The molecule has 4 N–H and O–H groups in total. The third kappa shape index (κ3) is 4.10. The molecule has 0 saturated carbocycles. The van der Waals surface area contributed by atoms with E-state index in [-0.39, 0.29) is 0 Å². The first-order valence-electron chi connectivity index (χ1n) is 4.97.